The smallest absolute Gasteiger partial charge is 0.337 e. The molecule has 2 aliphatic rings. The molecule has 1 aromatic heterocycles. The van der Waals surface area contributed by atoms with Crippen molar-refractivity contribution in [2.24, 2.45) is 5.41 Å². The van der Waals surface area contributed by atoms with Gasteiger partial charge >= 0.3 is 5.97 Å². The molecule has 46 heavy (non-hydrogen) atoms. The van der Waals surface area contributed by atoms with Crippen molar-refractivity contribution in [1.29, 1.82) is 0 Å². The lowest BCUT2D eigenvalue weighted by Gasteiger charge is -2.41. The number of hydrogen-bond acceptors (Lipinski definition) is 6. The highest BCUT2D eigenvalue weighted by atomic mass is 19.1. The van der Waals surface area contributed by atoms with E-state index in [1.807, 2.05) is 34.6 Å². The van der Waals surface area contributed by atoms with Crippen LogP contribution in [0.2, 0.25) is 0 Å². The van der Waals surface area contributed by atoms with Gasteiger partial charge in [-0.25, -0.2) is 13.6 Å². The van der Waals surface area contributed by atoms with Gasteiger partial charge in [0.25, 0.3) is 0 Å². The van der Waals surface area contributed by atoms with E-state index < -0.39 is 29.3 Å². The van der Waals surface area contributed by atoms with Crippen molar-refractivity contribution in [2.45, 2.75) is 92.5 Å². The lowest BCUT2D eigenvalue weighted by atomic mass is 9.81. The van der Waals surface area contributed by atoms with Crippen LogP contribution in [0.25, 0.3) is 11.1 Å². The van der Waals surface area contributed by atoms with Crippen molar-refractivity contribution in [3.8, 4) is 16.9 Å². The summed E-state index contributed by atoms with van der Waals surface area (Å²) in [6, 6.07) is 8.69. The van der Waals surface area contributed by atoms with E-state index in [1.54, 1.807) is 0 Å². The van der Waals surface area contributed by atoms with Gasteiger partial charge in [-0.1, -0.05) is 32.0 Å². The van der Waals surface area contributed by atoms with E-state index in [0.29, 0.717) is 29.9 Å². The maximum Gasteiger partial charge on any atom is 0.337 e. The van der Waals surface area contributed by atoms with Crippen LogP contribution >= 0.6 is 0 Å². The molecule has 248 valence electrons. The Morgan fingerprint density at radius 2 is 1.72 bits per heavy atom. The number of anilines is 1. The van der Waals surface area contributed by atoms with Gasteiger partial charge in [0, 0.05) is 66.9 Å². The molecule has 1 fully saturated rings. The molecule has 7 nitrogen and oxygen atoms in total. The minimum absolute atomic E-state index is 0.103. The number of carbonyl (C=O) groups is 1. The van der Waals surface area contributed by atoms with Crippen LogP contribution in [0.3, 0.4) is 0 Å². The second kappa shape index (κ2) is 12.9. The fourth-order valence-corrected chi connectivity index (χ4v) is 6.75. The monoisotopic (exact) mass is 635 g/mol. The topological polar surface area (TPSA) is 75.1 Å². The van der Waals surface area contributed by atoms with Gasteiger partial charge in [-0.05, 0) is 82.1 Å². The summed E-state index contributed by atoms with van der Waals surface area (Å²) in [6.07, 6.45) is 1.55. The van der Waals surface area contributed by atoms with Crippen molar-refractivity contribution in [3.63, 3.8) is 0 Å². The van der Waals surface area contributed by atoms with E-state index in [0.717, 1.165) is 66.5 Å². The Balaban J connectivity index is 1.54. The molecule has 2 aromatic carbocycles. The number of aryl methyl sites for hydroxylation is 2. The number of benzene rings is 2. The third kappa shape index (κ3) is 7.20. The van der Waals surface area contributed by atoms with Crippen LogP contribution < -0.4 is 9.64 Å². The maximum absolute atomic E-state index is 14.7. The fraction of sp³-hybridized carbons (Fsp3) is 0.514. The number of halogens is 2. The van der Waals surface area contributed by atoms with Crippen LogP contribution in [-0.4, -0.2) is 53.3 Å². The first kappa shape index (κ1) is 33.8. The van der Waals surface area contributed by atoms with Crippen LogP contribution in [0, 0.1) is 30.9 Å². The van der Waals surface area contributed by atoms with Crippen LogP contribution in [0.1, 0.15) is 87.2 Å². The minimum atomic E-state index is -1.17. The number of hydrogen-bond donors (Lipinski definition) is 1. The average Bonchev–Trinajstić information content (AvgIpc) is 2.97. The summed E-state index contributed by atoms with van der Waals surface area (Å²) in [7, 11) is 1.32. The first-order valence-corrected chi connectivity index (χ1v) is 16.1. The molecule has 0 aliphatic carbocycles. The molecule has 0 bridgehead atoms. The summed E-state index contributed by atoms with van der Waals surface area (Å²) in [4.78, 5) is 22.2. The summed E-state index contributed by atoms with van der Waals surface area (Å²) in [6.45, 7) is 17.2. The molecule has 1 atom stereocenters. The van der Waals surface area contributed by atoms with E-state index in [4.69, 9.17) is 14.5 Å². The Kier molecular flexibility index (Phi) is 9.49. The van der Waals surface area contributed by atoms with Gasteiger partial charge < -0.3 is 19.5 Å². The lowest BCUT2D eigenvalue weighted by Crippen LogP contribution is -2.39. The average molecular weight is 636 g/mol. The highest BCUT2D eigenvalue weighted by molar-refractivity contribution is 5.88. The summed E-state index contributed by atoms with van der Waals surface area (Å²) < 4.78 is 40.2. The van der Waals surface area contributed by atoms with Crippen LogP contribution in [0.15, 0.2) is 30.3 Å². The summed E-state index contributed by atoms with van der Waals surface area (Å²) >= 11 is 0. The number of aliphatic carboxylic acids is 1. The molecule has 9 heteroatoms. The predicted molar refractivity (Wildman–Crippen MR) is 176 cm³/mol. The fourth-order valence-electron chi connectivity index (χ4n) is 6.75. The molecule has 1 saturated heterocycles. The van der Waals surface area contributed by atoms with E-state index in [2.05, 4.69) is 41.8 Å². The van der Waals surface area contributed by atoms with E-state index >= 15 is 0 Å². The van der Waals surface area contributed by atoms with Gasteiger partial charge in [0.15, 0.2) is 17.7 Å². The van der Waals surface area contributed by atoms with E-state index in [-0.39, 0.29) is 17.7 Å². The third-order valence-corrected chi connectivity index (χ3v) is 9.27. The first-order chi connectivity index (χ1) is 21.6. The van der Waals surface area contributed by atoms with Gasteiger partial charge in [-0.15, -0.1) is 0 Å². The van der Waals surface area contributed by atoms with Gasteiger partial charge in [0.1, 0.15) is 5.82 Å². The number of piperidine rings is 1. The number of methoxy groups -OCH3 is 1. The number of fused-ring (bicyclic) bond motifs is 1. The third-order valence-electron chi connectivity index (χ3n) is 9.27. The summed E-state index contributed by atoms with van der Waals surface area (Å²) in [5.41, 5.74) is 7.07. The zero-order valence-corrected chi connectivity index (χ0v) is 28.4. The number of pyridine rings is 1. The predicted octanol–water partition coefficient (Wildman–Crippen LogP) is 7.78. The Bertz CT molecular complexity index is 1620. The van der Waals surface area contributed by atoms with Gasteiger partial charge in [0.2, 0.25) is 0 Å². The number of carboxylic acids is 1. The number of ether oxygens (including phenoxy) is 2. The standard InChI is InChI=1S/C37H47F2N3O4/c1-22-31(25-9-10-26-20-41(14-11-24(26)17-25)21-27-18-29(39)30(45-8)19-28(27)38)33(42-15-12-37(6,7)13-16-42)32(23(2)40-22)34(35(43)44)46-36(3,4)5/h9-10,17-19,34H,11-16,20-21H2,1-8H3,(H,43,44)/t34-/m0/s1. The highest BCUT2D eigenvalue weighted by Crippen LogP contribution is 2.45. The van der Waals surface area contributed by atoms with Gasteiger partial charge in [0.05, 0.1) is 18.4 Å². The van der Waals surface area contributed by atoms with Crippen molar-refractivity contribution in [1.82, 2.24) is 9.88 Å². The molecule has 0 amide bonds. The first-order valence-electron chi connectivity index (χ1n) is 16.1. The van der Waals surface area contributed by atoms with E-state index in [9.17, 15) is 18.7 Å². The Morgan fingerprint density at radius 3 is 2.35 bits per heavy atom. The molecule has 2 aliphatic heterocycles. The molecule has 1 N–H and O–H groups in total. The molecular formula is C37H47F2N3O4. The Labute approximate surface area is 271 Å². The molecule has 0 spiro atoms. The highest BCUT2D eigenvalue weighted by Gasteiger charge is 2.36. The molecular weight excluding hydrogens is 588 g/mol. The Hall–Kier alpha value is -3.56. The lowest BCUT2D eigenvalue weighted by molar-refractivity contribution is -0.160. The zero-order chi connectivity index (χ0) is 33.6. The second-order valence-corrected chi connectivity index (χ2v) is 14.5. The normalized spacial score (nSPS) is 17.5. The number of aromatic nitrogens is 1. The van der Waals surface area contributed by atoms with Crippen molar-refractivity contribution >= 4 is 11.7 Å². The SMILES string of the molecule is COc1cc(F)c(CN2CCc3cc(-c4c(C)nc(C)c([C@H](OC(C)(C)C)C(=O)O)c4N4CCC(C)(C)CC4)ccc3C2)cc1F. The molecule has 0 unspecified atom stereocenters. The van der Waals surface area contributed by atoms with Crippen LogP contribution in [0.4, 0.5) is 14.5 Å². The number of rotatable bonds is 8. The quantitative estimate of drug-likeness (QED) is 0.271. The molecule has 0 saturated carbocycles. The van der Waals surface area contributed by atoms with Crippen molar-refractivity contribution in [2.75, 3.05) is 31.6 Å². The van der Waals surface area contributed by atoms with Gasteiger partial charge in [-0.3, -0.25) is 9.88 Å². The summed E-state index contributed by atoms with van der Waals surface area (Å²) in [5, 5.41) is 10.5. The largest absolute Gasteiger partial charge is 0.494 e. The summed E-state index contributed by atoms with van der Waals surface area (Å²) in [5.74, 6) is -2.20. The number of carboxylic acid groups (broad SMARTS) is 1. The zero-order valence-electron chi connectivity index (χ0n) is 28.4. The number of nitrogens with zero attached hydrogens (tertiary/aromatic N) is 3. The van der Waals surface area contributed by atoms with Crippen LogP contribution in [-0.2, 0) is 29.0 Å². The molecule has 5 rings (SSSR count). The van der Waals surface area contributed by atoms with Crippen molar-refractivity contribution < 1.29 is 28.2 Å². The maximum atomic E-state index is 14.7. The van der Waals surface area contributed by atoms with Gasteiger partial charge in [-0.2, -0.15) is 0 Å². The molecule has 3 aromatic rings. The van der Waals surface area contributed by atoms with E-state index in [1.165, 1.54) is 18.7 Å². The molecule has 3 heterocycles. The second-order valence-electron chi connectivity index (χ2n) is 14.5. The Morgan fingerprint density at radius 1 is 1.02 bits per heavy atom. The minimum Gasteiger partial charge on any atom is -0.494 e. The van der Waals surface area contributed by atoms with Crippen LogP contribution in [0.5, 0.6) is 5.75 Å². The van der Waals surface area contributed by atoms with Crippen molar-refractivity contribution in [3.05, 3.63) is 75.6 Å². The molecule has 0 radical (unpaired) electrons.